The van der Waals surface area contributed by atoms with E-state index in [1.165, 1.54) is 4.68 Å². The van der Waals surface area contributed by atoms with E-state index in [0.29, 0.717) is 28.2 Å². The van der Waals surface area contributed by atoms with Gasteiger partial charge in [-0.2, -0.15) is 10.2 Å². The highest BCUT2D eigenvalue weighted by Crippen LogP contribution is 2.19. The third-order valence-electron chi connectivity index (χ3n) is 4.53. The van der Waals surface area contributed by atoms with Gasteiger partial charge in [-0.1, -0.05) is 47.5 Å². The van der Waals surface area contributed by atoms with Crippen molar-refractivity contribution in [1.82, 2.24) is 19.6 Å². The number of carbonyl (C=O) groups excluding carboxylic acids is 1. The number of anilines is 1. The Balaban J connectivity index is 1.38. The van der Waals surface area contributed by atoms with Crippen molar-refractivity contribution in [2.45, 2.75) is 20.2 Å². The van der Waals surface area contributed by atoms with E-state index in [-0.39, 0.29) is 18.3 Å². The maximum absolute atomic E-state index is 12.6. The zero-order chi connectivity index (χ0) is 21.8. The first kappa shape index (κ1) is 21.0. The lowest BCUT2D eigenvalue weighted by molar-refractivity contribution is 0.101. The summed E-state index contributed by atoms with van der Waals surface area (Å²) in [4.78, 5) is 12.6. The summed E-state index contributed by atoms with van der Waals surface area (Å²) in [7, 11) is 0. The van der Waals surface area contributed by atoms with Crippen LogP contribution in [-0.2, 0) is 13.3 Å². The maximum atomic E-state index is 12.6. The average molecular weight is 456 g/mol. The van der Waals surface area contributed by atoms with E-state index in [9.17, 15) is 4.79 Å². The van der Waals surface area contributed by atoms with E-state index in [2.05, 4.69) is 15.5 Å². The number of nitrogens with zero attached hydrogens (tertiary/aromatic N) is 4. The Morgan fingerprint density at radius 2 is 1.90 bits per heavy atom. The monoisotopic (exact) mass is 455 g/mol. The summed E-state index contributed by atoms with van der Waals surface area (Å²) >= 11 is 12.2. The molecular weight excluding hydrogens is 437 g/mol. The topological polar surface area (TPSA) is 74.0 Å². The first-order valence-corrected chi connectivity index (χ1v) is 10.2. The van der Waals surface area contributed by atoms with Crippen molar-refractivity contribution >= 4 is 34.9 Å². The van der Waals surface area contributed by atoms with Crippen LogP contribution in [0.2, 0.25) is 10.0 Å². The van der Waals surface area contributed by atoms with Gasteiger partial charge in [0.1, 0.15) is 5.75 Å². The van der Waals surface area contributed by atoms with Crippen LogP contribution in [0, 0.1) is 6.92 Å². The molecule has 0 spiro atoms. The standard InChI is InChI=1S/C22H19Cl2N5O2/c1-15-11-21(27-29(15)13-16-5-2-3-8-19(16)24)25-22(30)20-9-10-28(26-20)14-31-18-7-4-6-17(23)12-18/h2-12H,13-14H2,1H3,(H,25,27,30). The SMILES string of the molecule is Cc1cc(NC(=O)c2ccn(COc3cccc(Cl)c3)n2)nn1Cc1ccccc1Cl. The highest BCUT2D eigenvalue weighted by atomic mass is 35.5. The first-order chi connectivity index (χ1) is 15.0. The van der Waals surface area contributed by atoms with Crippen molar-refractivity contribution in [1.29, 1.82) is 0 Å². The first-order valence-electron chi connectivity index (χ1n) is 9.49. The van der Waals surface area contributed by atoms with Crippen LogP contribution in [0.25, 0.3) is 0 Å². The lowest BCUT2D eigenvalue weighted by Gasteiger charge is -2.06. The predicted octanol–water partition coefficient (Wildman–Crippen LogP) is 5.03. The van der Waals surface area contributed by atoms with Crippen molar-refractivity contribution < 1.29 is 9.53 Å². The highest BCUT2D eigenvalue weighted by Gasteiger charge is 2.13. The number of hydrogen-bond donors (Lipinski definition) is 1. The normalized spacial score (nSPS) is 10.8. The number of aryl methyl sites for hydroxylation is 1. The Bertz CT molecular complexity index is 1220. The van der Waals surface area contributed by atoms with Crippen LogP contribution in [0.5, 0.6) is 5.75 Å². The summed E-state index contributed by atoms with van der Waals surface area (Å²) in [5, 5.41) is 12.7. The van der Waals surface area contributed by atoms with Gasteiger partial charge in [0.15, 0.2) is 18.2 Å². The Hall–Kier alpha value is -3.29. The molecule has 2 aromatic heterocycles. The molecule has 0 atom stereocenters. The minimum absolute atomic E-state index is 0.152. The Morgan fingerprint density at radius 3 is 2.71 bits per heavy atom. The molecule has 4 rings (SSSR count). The third-order valence-corrected chi connectivity index (χ3v) is 5.14. The summed E-state index contributed by atoms with van der Waals surface area (Å²) in [5.74, 6) is 0.705. The van der Waals surface area contributed by atoms with Crippen molar-refractivity contribution in [3.63, 3.8) is 0 Å². The highest BCUT2D eigenvalue weighted by molar-refractivity contribution is 6.31. The smallest absolute Gasteiger partial charge is 0.277 e. The van der Waals surface area contributed by atoms with E-state index < -0.39 is 0 Å². The molecule has 1 amide bonds. The van der Waals surface area contributed by atoms with Gasteiger partial charge in [-0.25, -0.2) is 4.68 Å². The van der Waals surface area contributed by atoms with Crippen molar-refractivity contribution in [2.24, 2.45) is 0 Å². The number of nitrogens with one attached hydrogen (secondary N) is 1. The summed E-state index contributed by atoms with van der Waals surface area (Å²) in [6.45, 7) is 2.58. The van der Waals surface area contributed by atoms with Crippen LogP contribution in [0.3, 0.4) is 0 Å². The van der Waals surface area contributed by atoms with Crippen molar-refractivity contribution in [2.75, 3.05) is 5.32 Å². The van der Waals surface area contributed by atoms with Crippen LogP contribution in [0.15, 0.2) is 66.9 Å². The van der Waals surface area contributed by atoms with Gasteiger partial charge < -0.3 is 10.1 Å². The fourth-order valence-corrected chi connectivity index (χ4v) is 3.33. The summed E-state index contributed by atoms with van der Waals surface area (Å²) in [6, 6.07) is 18.1. The second kappa shape index (κ2) is 9.24. The Labute approximate surface area is 189 Å². The second-order valence-corrected chi connectivity index (χ2v) is 7.69. The number of rotatable bonds is 7. The fourth-order valence-electron chi connectivity index (χ4n) is 2.95. The average Bonchev–Trinajstić information content (AvgIpc) is 3.35. The number of amides is 1. The van der Waals surface area contributed by atoms with Gasteiger partial charge in [-0.3, -0.25) is 9.48 Å². The molecule has 7 nitrogen and oxygen atoms in total. The zero-order valence-electron chi connectivity index (χ0n) is 16.6. The van der Waals surface area contributed by atoms with Crippen LogP contribution in [-0.4, -0.2) is 25.5 Å². The molecule has 0 saturated carbocycles. The zero-order valence-corrected chi connectivity index (χ0v) is 18.1. The van der Waals surface area contributed by atoms with Gasteiger partial charge in [-0.05, 0) is 42.8 Å². The van der Waals surface area contributed by atoms with Gasteiger partial charge in [0.25, 0.3) is 5.91 Å². The molecule has 0 bridgehead atoms. The molecule has 0 unspecified atom stereocenters. The van der Waals surface area contributed by atoms with Crippen LogP contribution >= 0.6 is 23.2 Å². The molecule has 0 aliphatic heterocycles. The molecule has 0 aliphatic carbocycles. The van der Waals surface area contributed by atoms with Gasteiger partial charge >= 0.3 is 0 Å². The lowest BCUT2D eigenvalue weighted by Crippen LogP contribution is -2.15. The maximum Gasteiger partial charge on any atom is 0.277 e. The molecule has 1 N–H and O–H groups in total. The number of ether oxygens (including phenoxy) is 1. The van der Waals surface area contributed by atoms with E-state index in [1.54, 1.807) is 47.3 Å². The molecule has 158 valence electrons. The summed E-state index contributed by atoms with van der Waals surface area (Å²) in [5.41, 5.74) is 2.11. The Kier molecular flexibility index (Phi) is 6.25. The molecule has 0 fully saturated rings. The van der Waals surface area contributed by atoms with Gasteiger partial charge in [-0.15, -0.1) is 0 Å². The minimum atomic E-state index is -0.358. The molecule has 9 heteroatoms. The van der Waals surface area contributed by atoms with E-state index >= 15 is 0 Å². The number of carbonyl (C=O) groups is 1. The van der Waals surface area contributed by atoms with Gasteiger partial charge in [0.05, 0.1) is 6.54 Å². The van der Waals surface area contributed by atoms with Crippen molar-refractivity contribution in [3.8, 4) is 5.75 Å². The number of benzene rings is 2. The van der Waals surface area contributed by atoms with E-state index in [1.807, 2.05) is 31.2 Å². The Morgan fingerprint density at radius 1 is 1.06 bits per heavy atom. The molecule has 2 heterocycles. The molecular formula is C22H19Cl2N5O2. The second-order valence-electron chi connectivity index (χ2n) is 6.85. The van der Waals surface area contributed by atoms with Crippen LogP contribution < -0.4 is 10.1 Å². The molecule has 0 radical (unpaired) electrons. The minimum Gasteiger partial charge on any atom is -0.471 e. The summed E-state index contributed by atoms with van der Waals surface area (Å²) < 4.78 is 8.94. The van der Waals surface area contributed by atoms with Crippen LogP contribution in [0.1, 0.15) is 21.7 Å². The molecule has 31 heavy (non-hydrogen) atoms. The number of halogens is 2. The quantitative estimate of drug-likeness (QED) is 0.423. The number of aromatic nitrogens is 4. The molecule has 2 aromatic carbocycles. The van der Waals surface area contributed by atoms with Crippen LogP contribution in [0.4, 0.5) is 5.82 Å². The third kappa shape index (κ3) is 5.25. The largest absolute Gasteiger partial charge is 0.471 e. The lowest BCUT2D eigenvalue weighted by atomic mass is 10.2. The van der Waals surface area contributed by atoms with E-state index in [4.69, 9.17) is 27.9 Å². The van der Waals surface area contributed by atoms with Gasteiger partial charge in [0.2, 0.25) is 0 Å². The summed E-state index contributed by atoms with van der Waals surface area (Å²) in [6.07, 6.45) is 1.67. The number of hydrogen-bond acceptors (Lipinski definition) is 4. The fraction of sp³-hybridized carbons (Fsp3) is 0.136. The molecule has 4 aromatic rings. The molecule has 0 aliphatic rings. The van der Waals surface area contributed by atoms with Gasteiger partial charge in [0, 0.05) is 28.0 Å². The molecule has 0 saturated heterocycles. The predicted molar refractivity (Wildman–Crippen MR) is 120 cm³/mol. The van der Waals surface area contributed by atoms with Crippen molar-refractivity contribution in [3.05, 3.63) is 93.9 Å². The van der Waals surface area contributed by atoms with E-state index in [0.717, 1.165) is 11.3 Å².